The smallest absolute Gasteiger partial charge is 0.408 e. The Bertz CT molecular complexity index is 1550. The number of β-lactam (4-membered cyclic amide) rings is 1. The van der Waals surface area contributed by atoms with Gasteiger partial charge in [-0.15, -0.1) is 11.8 Å². The molecule has 2 aromatic carbocycles. The van der Waals surface area contributed by atoms with Gasteiger partial charge in [0, 0.05) is 5.75 Å². The molecule has 238 valence electrons. The zero-order valence-corrected chi connectivity index (χ0v) is 25.8. The molecule has 0 spiro atoms. The number of aliphatic carboxylic acids is 1. The van der Waals surface area contributed by atoms with E-state index in [4.69, 9.17) is 4.74 Å². The second kappa shape index (κ2) is 13.3. The van der Waals surface area contributed by atoms with Crippen LogP contribution in [0.1, 0.15) is 50.9 Å². The molecule has 0 aliphatic carbocycles. The van der Waals surface area contributed by atoms with Crippen molar-refractivity contribution in [1.29, 1.82) is 0 Å². The van der Waals surface area contributed by atoms with E-state index >= 15 is 0 Å². The van der Waals surface area contributed by atoms with Crippen molar-refractivity contribution in [3.05, 3.63) is 83.1 Å². The summed E-state index contributed by atoms with van der Waals surface area (Å²) < 4.78 is 5.31. The number of ether oxygens (including phenoxy) is 1. The lowest BCUT2D eigenvalue weighted by atomic mass is 9.99. The van der Waals surface area contributed by atoms with Crippen LogP contribution in [0.15, 0.2) is 72.0 Å². The normalized spacial score (nSPS) is 19.2. The number of hydrogen-bond acceptors (Lipinski definition) is 9. The Morgan fingerprint density at radius 2 is 1.51 bits per heavy atom. The van der Waals surface area contributed by atoms with E-state index in [-0.39, 0.29) is 28.5 Å². The Morgan fingerprint density at radius 1 is 0.956 bits per heavy atom. The van der Waals surface area contributed by atoms with Crippen molar-refractivity contribution >= 4 is 41.5 Å². The second-order valence-corrected chi connectivity index (χ2v) is 12.4. The van der Waals surface area contributed by atoms with Crippen LogP contribution < -0.4 is 16.0 Å². The number of thioether (sulfide) groups is 1. The van der Waals surface area contributed by atoms with Gasteiger partial charge < -0.3 is 36.0 Å². The first kappa shape index (κ1) is 32.9. The number of amides is 4. The highest BCUT2D eigenvalue weighted by atomic mass is 32.2. The molecule has 2 heterocycles. The first-order chi connectivity index (χ1) is 21.2. The number of carbonyl (C=O) groups excluding carboxylic acids is 4. The van der Waals surface area contributed by atoms with Gasteiger partial charge in [-0.25, -0.2) is 9.59 Å². The van der Waals surface area contributed by atoms with Crippen molar-refractivity contribution < 1.29 is 44.0 Å². The average Bonchev–Trinajstić information content (AvgIpc) is 2.97. The summed E-state index contributed by atoms with van der Waals surface area (Å²) >= 11 is 1.30. The summed E-state index contributed by atoms with van der Waals surface area (Å²) in [7, 11) is 0. The molecule has 2 aliphatic heterocycles. The maximum atomic E-state index is 13.6. The number of benzene rings is 2. The van der Waals surface area contributed by atoms with E-state index in [1.807, 2.05) is 0 Å². The highest BCUT2D eigenvalue weighted by Crippen LogP contribution is 2.41. The maximum absolute atomic E-state index is 13.6. The summed E-state index contributed by atoms with van der Waals surface area (Å²) in [5.41, 5.74) is 0.123. The van der Waals surface area contributed by atoms with Gasteiger partial charge in [0.2, 0.25) is 5.91 Å². The predicted molar refractivity (Wildman–Crippen MR) is 164 cm³/mol. The molecule has 4 rings (SSSR count). The van der Waals surface area contributed by atoms with Crippen molar-refractivity contribution in [2.75, 3.05) is 5.75 Å². The number of carboxylic acids is 1. The van der Waals surface area contributed by atoms with Crippen LogP contribution in [0, 0.1) is 0 Å². The van der Waals surface area contributed by atoms with Gasteiger partial charge in [0.05, 0.1) is 0 Å². The van der Waals surface area contributed by atoms with E-state index in [0.717, 1.165) is 0 Å². The van der Waals surface area contributed by atoms with Crippen molar-refractivity contribution in [2.24, 2.45) is 0 Å². The number of allylic oxidation sites excluding steroid dienone is 2. The number of phenols is 2. The highest BCUT2D eigenvalue weighted by Gasteiger charge is 2.54. The Balaban J connectivity index is 1.56. The third-order valence-electron chi connectivity index (χ3n) is 6.78. The SMILES string of the molecule is C/C=C/C1=C(C(=O)NC(C(=O)O)c2ccc(O)cc2)N2C(=O)[C@@H](NC(=O)C(NC(=O)OC(C)(C)C)c3ccc(O)cc3)[C@H]2SC1. The molecular formula is C31H34N4O9S. The molecule has 2 aromatic rings. The molecule has 2 unspecified atom stereocenters. The zero-order chi connectivity index (χ0) is 33.1. The molecule has 6 N–H and O–H groups in total. The molecule has 0 aromatic heterocycles. The number of carboxylic acid groups (broad SMARTS) is 1. The Kier molecular flexibility index (Phi) is 9.76. The lowest BCUT2D eigenvalue weighted by molar-refractivity contribution is -0.148. The highest BCUT2D eigenvalue weighted by molar-refractivity contribution is 8.00. The molecular weight excluding hydrogens is 604 g/mol. The van der Waals surface area contributed by atoms with Crippen LogP contribution in [0.4, 0.5) is 4.79 Å². The minimum Gasteiger partial charge on any atom is -0.508 e. The summed E-state index contributed by atoms with van der Waals surface area (Å²) in [6.45, 7) is 6.72. The molecule has 0 bridgehead atoms. The fourth-order valence-electron chi connectivity index (χ4n) is 4.77. The third-order valence-corrected chi connectivity index (χ3v) is 8.08. The van der Waals surface area contributed by atoms with Crippen molar-refractivity contribution in [1.82, 2.24) is 20.9 Å². The van der Waals surface area contributed by atoms with Crippen LogP contribution in [-0.4, -0.2) is 72.8 Å². The van der Waals surface area contributed by atoms with E-state index in [0.29, 0.717) is 11.1 Å². The summed E-state index contributed by atoms with van der Waals surface area (Å²) in [6.07, 6.45) is 2.47. The first-order valence-electron chi connectivity index (χ1n) is 13.9. The van der Waals surface area contributed by atoms with Crippen LogP contribution in [0.25, 0.3) is 0 Å². The van der Waals surface area contributed by atoms with E-state index in [1.54, 1.807) is 39.8 Å². The van der Waals surface area contributed by atoms with Gasteiger partial charge in [0.1, 0.15) is 40.3 Å². The Morgan fingerprint density at radius 3 is 2.02 bits per heavy atom. The number of phenolic OH excluding ortho intramolecular Hbond substituents is 2. The van der Waals surface area contributed by atoms with Gasteiger partial charge in [-0.05, 0) is 68.7 Å². The lowest BCUT2D eigenvalue weighted by Crippen LogP contribution is -2.71. The molecule has 4 amide bonds. The van der Waals surface area contributed by atoms with Gasteiger partial charge >= 0.3 is 12.1 Å². The number of rotatable bonds is 9. The standard InChI is InChI=1S/C31H34N4O9S/c1-5-6-18-15-45-28-23(33-25(38)21(16-7-11-19(36)12-8-16)34-30(43)44-31(2,3)4)27(40)35(28)24(18)26(39)32-22(29(41)42)17-9-13-20(37)14-10-17/h5-14,21-23,28,36-37H,15H2,1-4H3,(H,32,39)(H,33,38)(H,34,43)(H,41,42)/b6-5+/t21?,22?,23-,28-/m1/s1. The quantitative estimate of drug-likeness (QED) is 0.222. The Hall–Kier alpha value is -4.98. The summed E-state index contributed by atoms with van der Waals surface area (Å²) in [5, 5.41) is 36.1. The monoisotopic (exact) mass is 638 g/mol. The van der Waals surface area contributed by atoms with Crippen LogP contribution >= 0.6 is 11.8 Å². The fraction of sp³-hybridized carbons (Fsp3) is 0.323. The number of hydrogen-bond donors (Lipinski definition) is 6. The van der Waals surface area contributed by atoms with E-state index in [2.05, 4.69) is 16.0 Å². The number of nitrogens with zero attached hydrogens (tertiary/aromatic N) is 1. The summed E-state index contributed by atoms with van der Waals surface area (Å²) in [6, 6.07) is 7.10. The number of alkyl carbamates (subject to hydrolysis) is 1. The maximum Gasteiger partial charge on any atom is 0.408 e. The molecule has 45 heavy (non-hydrogen) atoms. The zero-order valence-electron chi connectivity index (χ0n) is 24.9. The number of fused-ring (bicyclic) bond motifs is 1. The van der Waals surface area contributed by atoms with E-state index < -0.39 is 58.9 Å². The molecule has 0 saturated carbocycles. The Labute approximate surface area is 263 Å². The molecule has 2 aliphatic rings. The van der Waals surface area contributed by atoms with Crippen LogP contribution in [-0.2, 0) is 23.9 Å². The minimum absolute atomic E-state index is 0.0423. The van der Waals surface area contributed by atoms with E-state index in [9.17, 15) is 39.3 Å². The molecule has 14 heteroatoms. The van der Waals surface area contributed by atoms with Gasteiger partial charge in [0.25, 0.3) is 11.8 Å². The minimum atomic E-state index is -1.47. The van der Waals surface area contributed by atoms with Crippen molar-refractivity contribution in [2.45, 2.75) is 56.8 Å². The van der Waals surface area contributed by atoms with Gasteiger partial charge in [-0.3, -0.25) is 19.3 Å². The second-order valence-electron chi connectivity index (χ2n) is 11.3. The van der Waals surface area contributed by atoms with Crippen LogP contribution in [0.5, 0.6) is 11.5 Å². The largest absolute Gasteiger partial charge is 0.508 e. The van der Waals surface area contributed by atoms with Gasteiger partial charge in [0.15, 0.2) is 6.04 Å². The summed E-state index contributed by atoms with van der Waals surface area (Å²) in [5.74, 6) is -3.33. The molecule has 4 atom stereocenters. The first-order valence-corrected chi connectivity index (χ1v) is 15.0. The predicted octanol–water partition coefficient (Wildman–Crippen LogP) is 2.84. The number of carbonyl (C=O) groups is 5. The average molecular weight is 639 g/mol. The van der Waals surface area contributed by atoms with Gasteiger partial charge in [-0.1, -0.05) is 36.4 Å². The molecule has 13 nitrogen and oxygen atoms in total. The molecule has 1 saturated heterocycles. The molecule has 1 fully saturated rings. The number of aromatic hydroxyl groups is 2. The fourth-order valence-corrected chi connectivity index (χ4v) is 6.09. The lowest BCUT2D eigenvalue weighted by Gasteiger charge is -2.50. The van der Waals surface area contributed by atoms with E-state index in [1.165, 1.54) is 65.2 Å². The third kappa shape index (κ3) is 7.58. The topological polar surface area (TPSA) is 195 Å². The molecule has 0 radical (unpaired) electrons. The summed E-state index contributed by atoms with van der Waals surface area (Å²) in [4.78, 5) is 66.5. The van der Waals surface area contributed by atoms with Crippen molar-refractivity contribution in [3.63, 3.8) is 0 Å². The number of nitrogens with one attached hydrogen (secondary N) is 3. The van der Waals surface area contributed by atoms with Crippen LogP contribution in [0.3, 0.4) is 0 Å². The van der Waals surface area contributed by atoms with Crippen LogP contribution in [0.2, 0.25) is 0 Å². The van der Waals surface area contributed by atoms with Gasteiger partial charge in [-0.2, -0.15) is 0 Å². The van der Waals surface area contributed by atoms with Crippen molar-refractivity contribution in [3.8, 4) is 11.5 Å².